The van der Waals surface area contributed by atoms with Gasteiger partial charge in [-0.3, -0.25) is 0 Å². The Hall–Kier alpha value is -3.02. The van der Waals surface area contributed by atoms with Crippen LogP contribution in [0.15, 0.2) is 79.0 Å². The van der Waals surface area contributed by atoms with Crippen LogP contribution in [0.5, 0.6) is 0 Å². The van der Waals surface area contributed by atoms with Crippen molar-refractivity contribution in [2.45, 2.75) is 39.0 Å². The average Bonchev–Trinajstić information content (AvgIpc) is 2.77. The number of aryl methyl sites for hydroxylation is 1. The summed E-state index contributed by atoms with van der Waals surface area (Å²) < 4.78 is 0. The molecule has 0 radical (unpaired) electrons. The van der Waals surface area contributed by atoms with Crippen LogP contribution >= 0.6 is 0 Å². The number of pyridine rings is 1. The van der Waals surface area contributed by atoms with Crippen LogP contribution in [0.25, 0.3) is 21.9 Å². The van der Waals surface area contributed by atoms with Crippen molar-refractivity contribution in [2.24, 2.45) is 0 Å². The Morgan fingerprint density at radius 3 is 2.54 bits per heavy atom. The van der Waals surface area contributed by atoms with Gasteiger partial charge < -0.3 is 0 Å². The molecule has 0 bridgehead atoms. The van der Waals surface area contributed by atoms with E-state index >= 15 is 0 Å². The Morgan fingerprint density at radius 1 is 0.893 bits per heavy atom. The molecule has 0 amide bonds. The van der Waals surface area contributed by atoms with Crippen molar-refractivity contribution in [2.75, 3.05) is 0 Å². The van der Waals surface area contributed by atoms with Gasteiger partial charge in [-0.15, -0.1) is 0 Å². The van der Waals surface area contributed by atoms with E-state index in [0.717, 1.165) is 16.7 Å². The quantitative estimate of drug-likeness (QED) is 0.319. The zero-order valence-electron chi connectivity index (χ0n) is 16.5. The minimum atomic E-state index is 0.966. The zero-order valence-corrected chi connectivity index (χ0v) is 16.5. The number of hydrogen-bond donors (Lipinski definition) is 0. The molecule has 138 valence electrons. The van der Waals surface area contributed by atoms with E-state index in [0.29, 0.717) is 0 Å². The van der Waals surface area contributed by atoms with Crippen molar-refractivity contribution in [3.8, 4) is 0 Å². The van der Waals surface area contributed by atoms with Gasteiger partial charge in [-0.2, -0.15) is 0 Å². The van der Waals surface area contributed by atoms with Gasteiger partial charge in [0.1, 0.15) is 0 Å². The van der Waals surface area contributed by atoms with Crippen LogP contribution in [0.2, 0.25) is 0 Å². The van der Waals surface area contributed by atoms with Gasteiger partial charge in [-0.1, -0.05) is 74.7 Å². The normalized spacial score (nSPS) is 13.2. The van der Waals surface area contributed by atoms with E-state index in [1.807, 2.05) is 18.3 Å². The monoisotopic (exact) mass is 364 g/mol. The molecule has 1 nitrogen and oxygen atoms in total. The first-order chi connectivity index (χ1) is 13.8. The molecule has 28 heavy (non-hydrogen) atoms. The summed E-state index contributed by atoms with van der Waals surface area (Å²) in [6.45, 7) is 2.26. The summed E-state index contributed by atoms with van der Waals surface area (Å²) in [6.07, 6.45) is 18.0. The number of fused-ring (bicyclic) bond motifs is 1. The number of nitrogens with zero attached hydrogens (tertiary/aromatic N) is 1. The highest BCUT2D eigenvalue weighted by Crippen LogP contribution is 2.27. The molecule has 0 N–H and O–H groups in total. The number of hydrogen-bond acceptors (Lipinski definition) is 1. The lowest BCUT2D eigenvalue weighted by Crippen LogP contribution is -1.93. The van der Waals surface area contributed by atoms with Crippen molar-refractivity contribution in [3.05, 3.63) is 102 Å². The average molecular weight is 365 g/mol. The number of benzene rings is 2. The highest BCUT2D eigenvalue weighted by atomic mass is 14.7. The van der Waals surface area contributed by atoms with Gasteiger partial charge in [0.25, 0.3) is 0 Å². The molecule has 0 saturated heterocycles. The lowest BCUT2D eigenvalue weighted by molar-refractivity contribution is 0.667. The van der Waals surface area contributed by atoms with Gasteiger partial charge in [0.15, 0.2) is 11.3 Å². The van der Waals surface area contributed by atoms with E-state index in [-0.39, 0.29) is 0 Å². The molecule has 0 aliphatic heterocycles. The second kappa shape index (κ2) is 8.78. The van der Waals surface area contributed by atoms with Gasteiger partial charge in [0.05, 0.1) is 17.7 Å². The molecular formula is C27H26N+. The highest BCUT2D eigenvalue weighted by molar-refractivity contribution is 5.91. The first-order valence-corrected chi connectivity index (χ1v) is 10.3. The Morgan fingerprint density at radius 2 is 1.71 bits per heavy atom. The van der Waals surface area contributed by atoms with Gasteiger partial charge in [0, 0.05) is 35.4 Å². The maximum absolute atomic E-state index is 4.64. The van der Waals surface area contributed by atoms with E-state index < -0.39 is 0 Å². The fourth-order valence-electron chi connectivity index (χ4n) is 3.64. The number of unbranched alkanes of at least 4 members (excludes halogenated alkanes) is 3. The first kappa shape index (κ1) is 18.3. The topological polar surface area (TPSA) is 12.9 Å². The lowest BCUT2D eigenvalue weighted by atomic mass is 9.95. The molecule has 1 aromatic heterocycles. The summed E-state index contributed by atoms with van der Waals surface area (Å²) in [5.41, 5.74) is 5.88. The minimum absolute atomic E-state index is 0.966. The molecule has 0 unspecified atom stereocenters. The number of allylic oxidation sites excluding steroid dienone is 6. The Bertz CT molecular complexity index is 1040. The van der Waals surface area contributed by atoms with Crippen LogP contribution < -0.4 is 0 Å². The Kier molecular flexibility index (Phi) is 5.75. The number of rotatable bonds is 7. The summed E-state index contributed by atoms with van der Waals surface area (Å²) in [4.78, 5) is 4.64. The Balaban J connectivity index is 1.51. The smallest absolute Gasteiger partial charge is 0.174 e. The Labute approximate surface area is 168 Å². The molecule has 1 aliphatic carbocycles. The zero-order chi connectivity index (χ0) is 19.2. The van der Waals surface area contributed by atoms with Gasteiger partial charge in [-0.05, 0) is 23.8 Å². The molecule has 0 spiro atoms. The molecular weight excluding hydrogens is 338 g/mol. The van der Waals surface area contributed by atoms with Crippen molar-refractivity contribution in [3.63, 3.8) is 0 Å². The molecule has 1 heterocycles. The summed E-state index contributed by atoms with van der Waals surface area (Å²) in [5, 5.41) is 2.37. The van der Waals surface area contributed by atoms with Gasteiger partial charge >= 0.3 is 0 Å². The van der Waals surface area contributed by atoms with Crippen molar-refractivity contribution >= 4 is 21.9 Å². The van der Waals surface area contributed by atoms with Crippen LogP contribution in [-0.2, 0) is 6.42 Å². The van der Waals surface area contributed by atoms with Crippen molar-refractivity contribution in [1.29, 1.82) is 0 Å². The maximum Gasteiger partial charge on any atom is 0.174 e. The minimum Gasteiger partial charge on any atom is -0.205 e. The van der Waals surface area contributed by atoms with E-state index in [1.165, 1.54) is 54.2 Å². The maximum atomic E-state index is 4.64. The molecule has 2 aromatic carbocycles. The van der Waals surface area contributed by atoms with Gasteiger partial charge in [-0.25, -0.2) is 4.98 Å². The third kappa shape index (κ3) is 4.27. The van der Waals surface area contributed by atoms with Crippen molar-refractivity contribution < 1.29 is 0 Å². The predicted molar refractivity (Wildman–Crippen MR) is 120 cm³/mol. The van der Waals surface area contributed by atoms with Crippen LogP contribution in [0, 0.1) is 6.08 Å². The molecule has 1 aliphatic rings. The van der Waals surface area contributed by atoms with Crippen LogP contribution in [0.1, 0.15) is 49.4 Å². The standard InChI is InChI=1S/C27H26N/c1-2-3-4-5-9-21-14-16-22(17-15-21)23-12-8-13-25(18-23)27-19-24-10-6-7-11-26(24)20-28-27/h6-8,10-12,14-20H,2-5,9H2,1H3/q+1. The molecule has 0 atom stereocenters. The molecule has 4 rings (SSSR count). The SMILES string of the molecule is CCCCCCc1ccc(C2=CC(c3cc4ccccc4cn3)=[C+]C=C2)cc1. The molecule has 3 aromatic rings. The fourth-order valence-corrected chi connectivity index (χ4v) is 3.64. The summed E-state index contributed by atoms with van der Waals surface area (Å²) in [6, 6.07) is 19.5. The predicted octanol–water partition coefficient (Wildman–Crippen LogP) is 7.20. The molecule has 1 heteroatoms. The third-order valence-electron chi connectivity index (χ3n) is 5.31. The summed E-state index contributed by atoms with van der Waals surface area (Å²) >= 11 is 0. The van der Waals surface area contributed by atoms with Crippen LogP contribution in [-0.4, -0.2) is 4.98 Å². The van der Waals surface area contributed by atoms with Gasteiger partial charge in [0.2, 0.25) is 0 Å². The molecule has 0 saturated carbocycles. The third-order valence-corrected chi connectivity index (χ3v) is 5.31. The summed E-state index contributed by atoms with van der Waals surface area (Å²) in [7, 11) is 0. The summed E-state index contributed by atoms with van der Waals surface area (Å²) in [5.74, 6) is 0. The fraction of sp³-hybridized carbons (Fsp3) is 0.222. The van der Waals surface area contributed by atoms with Crippen LogP contribution in [0.4, 0.5) is 0 Å². The highest BCUT2D eigenvalue weighted by Gasteiger charge is 2.16. The van der Waals surface area contributed by atoms with Crippen molar-refractivity contribution in [1.82, 2.24) is 4.98 Å². The largest absolute Gasteiger partial charge is 0.205 e. The lowest BCUT2D eigenvalue weighted by Gasteiger charge is -2.05. The second-order valence-corrected chi connectivity index (χ2v) is 7.42. The van der Waals surface area contributed by atoms with E-state index in [1.54, 1.807) is 0 Å². The molecule has 0 fully saturated rings. The van der Waals surface area contributed by atoms with E-state index in [4.69, 9.17) is 0 Å². The van der Waals surface area contributed by atoms with E-state index in [9.17, 15) is 0 Å². The van der Waals surface area contributed by atoms with E-state index in [2.05, 4.69) is 78.7 Å². The number of aromatic nitrogens is 1. The van der Waals surface area contributed by atoms with Crippen LogP contribution in [0.3, 0.4) is 0 Å². The first-order valence-electron chi connectivity index (χ1n) is 10.3. The second-order valence-electron chi connectivity index (χ2n) is 7.42.